The first-order valence-corrected chi connectivity index (χ1v) is 9.63. The Morgan fingerprint density at radius 1 is 1.13 bits per heavy atom. The molecule has 1 aromatic rings. The van der Waals surface area contributed by atoms with Crippen molar-refractivity contribution in [1.29, 1.82) is 0 Å². The number of amides is 1. The molecule has 1 saturated heterocycles. The lowest BCUT2D eigenvalue weighted by Gasteiger charge is -2.33. The van der Waals surface area contributed by atoms with Gasteiger partial charge in [0.1, 0.15) is 5.75 Å². The Bertz CT molecular complexity index is 620. The molecule has 1 aliphatic rings. The molecule has 1 fully saturated rings. The second-order valence-electron chi connectivity index (χ2n) is 5.81. The quantitative estimate of drug-likeness (QED) is 0.731. The lowest BCUT2D eigenvalue weighted by molar-refractivity contribution is -0.132. The first kappa shape index (κ1) is 17.7. The third kappa shape index (κ3) is 5.51. The van der Waals surface area contributed by atoms with Gasteiger partial charge in [0.2, 0.25) is 15.9 Å². The van der Waals surface area contributed by atoms with Crippen molar-refractivity contribution in [2.75, 3.05) is 39.0 Å². The molecule has 0 spiro atoms. The van der Waals surface area contributed by atoms with Gasteiger partial charge in [0.25, 0.3) is 0 Å². The standard InChI is InChI=1S/C16H24N2O4S/c1-14-5-7-15(8-6-14)22-13-3-4-16(19)17-9-11-18(12-10-17)23(2,20)21/h5-8H,3-4,9-13H2,1-2H3. The molecule has 1 amide bonds. The molecule has 1 aromatic carbocycles. The van der Waals surface area contributed by atoms with Crippen molar-refractivity contribution in [3.05, 3.63) is 29.8 Å². The zero-order chi connectivity index (χ0) is 16.9. The van der Waals surface area contributed by atoms with Gasteiger partial charge < -0.3 is 9.64 Å². The normalized spacial score (nSPS) is 16.3. The summed E-state index contributed by atoms with van der Waals surface area (Å²) in [6.45, 7) is 4.20. The average Bonchev–Trinajstić information content (AvgIpc) is 2.52. The smallest absolute Gasteiger partial charge is 0.222 e. The van der Waals surface area contributed by atoms with Crippen LogP contribution in [-0.2, 0) is 14.8 Å². The summed E-state index contributed by atoms with van der Waals surface area (Å²) in [5.41, 5.74) is 1.18. The van der Waals surface area contributed by atoms with E-state index in [0.717, 1.165) is 5.75 Å². The number of carbonyl (C=O) groups is 1. The second-order valence-corrected chi connectivity index (χ2v) is 7.79. The van der Waals surface area contributed by atoms with Crippen molar-refractivity contribution in [2.45, 2.75) is 19.8 Å². The summed E-state index contributed by atoms with van der Waals surface area (Å²) >= 11 is 0. The third-order valence-corrected chi connectivity index (χ3v) is 5.19. The maximum Gasteiger partial charge on any atom is 0.222 e. The number of nitrogens with zero attached hydrogens (tertiary/aromatic N) is 2. The van der Waals surface area contributed by atoms with E-state index in [2.05, 4.69) is 0 Å². The maximum atomic E-state index is 12.1. The van der Waals surface area contributed by atoms with Crippen LogP contribution in [0.3, 0.4) is 0 Å². The highest BCUT2D eigenvalue weighted by Gasteiger charge is 2.25. The summed E-state index contributed by atoms with van der Waals surface area (Å²) in [5, 5.41) is 0. The Morgan fingerprint density at radius 2 is 1.74 bits per heavy atom. The topological polar surface area (TPSA) is 66.9 Å². The van der Waals surface area contributed by atoms with Gasteiger partial charge in [-0.25, -0.2) is 8.42 Å². The molecule has 128 valence electrons. The Balaban J connectivity index is 1.67. The monoisotopic (exact) mass is 340 g/mol. The van der Waals surface area contributed by atoms with Crippen LogP contribution in [-0.4, -0.2) is 62.6 Å². The minimum absolute atomic E-state index is 0.0608. The Kier molecular flexibility index (Phi) is 6.01. The van der Waals surface area contributed by atoms with E-state index < -0.39 is 10.0 Å². The van der Waals surface area contributed by atoms with Gasteiger partial charge in [0, 0.05) is 32.6 Å². The first-order chi connectivity index (χ1) is 10.9. The molecule has 0 aliphatic carbocycles. The summed E-state index contributed by atoms with van der Waals surface area (Å²) < 4.78 is 29.9. The molecule has 0 saturated carbocycles. The number of benzene rings is 1. The van der Waals surface area contributed by atoms with Gasteiger partial charge in [-0.3, -0.25) is 4.79 Å². The fourth-order valence-corrected chi connectivity index (χ4v) is 3.30. The fourth-order valence-electron chi connectivity index (χ4n) is 2.48. The van der Waals surface area contributed by atoms with Crippen LogP contribution >= 0.6 is 0 Å². The van der Waals surface area contributed by atoms with Crippen LogP contribution in [0.15, 0.2) is 24.3 Å². The third-order valence-electron chi connectivity index (χ3n) is 3.89. The Labute approximate surface area is 138 Å². The number of piperazine rings is 1. The Hall–Kier alpha value is -1.60. The number of rotatable bonds is 6. The van der Waals surface area contributed by atoms with E-state index in [9.17, 15) is 13.2 Å². The molecule has 7 heteroatoms. The molecular weight excluding hydrogens is 316 g/mol. The van der Waals surface area contributed by atoms with Gasteiger partial charge >= 0.3 is 0 Å². The molecule has 6 nitrogen and oxygen atoms in total. The van der Waals surface area contributed by atoms with Gasteiger partial charge in [0.15, 0.2) is 0 Å². The second kappa shape index (κ2) is 7.79. The van der Waals surface area contributed by atoms with Crippen LogP contribution in [0, 0.1) is 6.92 Å². The SMILES string of the molecule is Cc1ccc(OCCCC(=O)N2CCN(S(C)(=O)=O)CC2)cc1. The summed E-state index contributed by atoms with van der Waals surface area (Å²) in [6.07, 6.45) is 2.27. The molecule has 0 bridgehead atoms. The zero-order valence-electron chi connectivity index (χ0n) is 13.7. The largest absolute Gasteiger partial charge is 0.494 e. The van der Waals surface area contributed by atoms with Crippen LogP contribution in [0.1, 0.15) is 18.4 Å². The van der Waals surface area contributed by atoms with E-state index in [0.29, 0.717) is 45.6 Å². The predicted molar refractivity (Wildman–Crippen MR) is 88.9 cm³/mol. The lowest BCUT2D eigenvalue weighted by Crippen LogP contribution is -2.50. The van der Waals surface area contributed by atoms with Gasteiger partial charge in [-0.05, 0) is 25.5 Å². The number of aryl methyl sites for hydroxylation is 1. The minimum atomic E-state index is -3.15. The molecule has 0 atom stereocenters. The minimum Gasteiger partial charge on any atom is -0.494 e. The van der Waals surface area contributed by atoms with E-state index in [1.807, 2.05) is 31.2 Å². The summed E-state index contributed by atoms with van der Waals surface area (Å²) in [4.78, 5) is 13.8. The van der Waals surface area contributed by atoms with Crippen LogP contribution in [0.5, 0.6) is 5.75 Å². The van der Waals surface area contributed by atoms with Gasteiger partial charge in [-0.15, -0.1) is 0 Å². The highest BCUT2D eigenvalue weighted by molar-refractivity contribution is 7.88. The summed E-state index contributed by atoms with van der Waals surface area (Å²) in [6, 6.07) is 7.81. The molecule has 0 radical (unpaired) electrons. The highest BCUT2D eigenvalue weighted by Crippen LogP contribution is 2.12. The number of carbonyl (C=O) groups excluding carboxylic acids is 1. The molecule has 1 heterocycles. The van der Waals surface area contributed by atoms with Gasteiger partial charge in [-0.2, -0.15) is 4.31 Å². The zero-order valence-corrected chi connectivity index (χ0v) is 14.5. The summed E-state index contributed by atoms with van der Waals surface area (Å²) in [5.74, 6) is 0.871. The van der Waals surface area contributed by atoms with Crippen molar-refractivity contribution < 1.29 is 17.9 Å². The number of ether oxygens (including phenoxy) is 1. The van der Waals surface area contributed by atoms with E-state index in [1.54, 1.807) is 4.90 Å². The number of hydrogen-bond acceptors (Lipinski definition) is 4. The number of hydrogen-bond donors (Lipinski definition) is 0. The van der Waals surface area contributed by atoms with Crippen molar-refractivity contribution in [1.82, 2.24) is 9.21 Å². The van der Waals surface area contributed by atoms with Crippen LogP contribution in [0.2, 0.25) is 0 Å². The first-order valence-electron chi connectivity index (χ1n) is 7.78. The van der Waals surface area contributed by atoms with Crippen molar-refractivity contribution in [3.63, 3.8) is 0 Å². The van der Waals surface area contributed by atoms with E-state index in [4.69, 9.17) is 4.74 Å². The van der Waals surface area contributed by atoms with E-state index in [1.165, 1.54) is 16.1 Å². The molecule has 23 heavy (non-hydrogen) atoms. The van der Waals surface area contributed by atoms with Crippen LogP contribution in [0.25, 0.3) is 0 Å². The molecule has 0 unspecified atom stereocenters. The fraction of sp³-hybridized carbons (Fsp3) is 0.562. The van der Waals surface area contributed by atoms with Crippen LogP contribution in [0.4, 0.5) is 0 Å². The van der Waals surface area contributed by atoms with Gasteiger partial charge in [0.05, 0.1) is 12.9 Å². The van der Waals surface area contributed by atoms with Gasteiger partial charge in [-0.1, -0.05) is 17.7 Å². The van der Waals surface area contributed by atoms with Crippen LogP contribution < -0.4 is 4.74 Å². The van der Waals surface area contributed by atoms with Crippen molar-refractivity contribution >= 4 is 15.9 Å². The average molecular weight is 340 g/mol. The highest BCUT2D eigenvalue weighted by atomic mass is 32.2. The lowest BCUT2D eigenvalue weighted by atomic mass is 10.2. The van der Waals surface area contributed by atoms with Crippen molar-refractivity contribution in [2.24, 2.45) is 0 Å². The molecule has 0 N–H and O–H groups in total. The van der Waals surface area contributed by atoms with E-state index in [-0.39, 0.29) is 5.91 Å². The summed E-state index contributed by atoms with van der Waals surface area (Å²) in [7, 11) is -3.15. The number of sulfonamides is 1. The predicted octanol–water partition coefficient (Wildman–Crippen LogP) is 1.26. The maximum absolute atomic E-state index is 12.1. The molecule has 2 rings (SSSR count). The van der Waals surface area contributed by atoms with E-state index >= 15 is 0 Å². The molecular formula is C16H24N2O4S. The molecule has 0 aromatic heterocycles. The Morgan fingerprint density at radius 3 is 2.30 bits per heavy atom. The van der Waals surface area contributed by atoms with Crippen molar-refractivity contribution in [3.8, 4) is 5.75 Å². The molecule has 1 aliphatic heterocycles.